The maximum Gasteiger partial charge on any atom is 0.310 e. The molecule has 2 aliphatic rings. The van der Waals surface area contributed by atoms with Crippen LogP contribution in [-0.4, -0.2) is 41.8 Å². The van der Waals surface area contributed by atoms with E-state index in [4.69, 9.17) is 4.74 Å². The molecule has 1 N–H and O–H groups in total. The Hall–Kier alpha value is -3.22. The summed E-state index contributed by atoms with van der Waals surface area (Å²) in [4.78, 5) is 39.7. The Balaban J connectivity index is 1.36. The van der Waals surface area contributed by atoms with Crippen LogP contribution in [0.25, 0.3) is 0 Å². The zero-order valence-electron chi connectivity index (χ0n) is 17.1. The molecule has 0 unspecified atom stereocenters. The van der Waals surface area contributed by atoms with Crippen LogP contribution < -0.4 is 5.32 Å². The number of benzene rings is 2. The summed E-state index contributed by atoms with van der Waals surface area (Å²) in [5.41, 5.74) is 1.06. The monoisotopic (exact) mass is 424 g/mol. The number of amides is 2. The third kappa shape index (κ3) is 5.29. The standard InChI is InChI=1S/C24H25FN2O4/c25-19-8-6-17(7-9-19)23(29)27-14-12-18(13-15-27)24(30)31-21(16-4-2-1-3-5-16)22(28)26-20-10-11-20/h1-9,18,20-21H,10-15H2,(H,26,28)/t21-/m0/s1. The van der Waals surface area contributed by atoms with Crippen molar-refractivity contribution in [3.05, 3.63) is 71.5 Å². The molecule has 2 aromatic rings. The number of piperidine rings is 1. The van der Waals surface area contributed by atoms with Gasteiger partial charge in [0, 0.05) is 30.3 Å². The molecule has 162 valence electrons. The number of esters is 1. The molecule has 1 saturated carbocycles. The third-order valence-corrected chi connectivity index (χ3v) is 5.70. The van der Waals surface area contributed by atoms with Crippen molar-refractivity contribution >= 4 is 17.8 Å². The van der Waals surface area contributed by atoms with E-state index in [9.17, 15) is 18.8 Å². The molecule has 0 spiro atoms. The van der Waals surface area contributed by atoms with Crippen LogP contribution in [0.1, 0.15) is 47.7 Å². The minimum atomic E-state index is -0.979. The van der Waals surface area contributed by atoms with Crippen molar-refractivity contribution < 1.29 is 23.5 Å². The van der Waals surface area contributed by atoms with Crippen molar-refractivity contribution in [3.63, 3.8) is 0 Å². The second-order valence-electron chi connectivity index (χ2n) is 8.08. The van der Waals surface area contributed by atoms with Crippen molar-refractivity contribution in [1.29, 1.82) is 0 Å². The average molecular weight is 424 g/mol. The maximum absolute atomic E-state index is 13.1. The molecule has 6 nitrogen and oxygen atoms in total. The highest BCUT2D eigenvalue weighted by Crippen LogP contribution is 2.27. The molecule has 0 aromatic heterocycles. The number of nitrogens with zero attached hydrogens (tertiary/aromatic N) is 1. The minimum Gasteiger partial charge on any atom is -0.447 e. The predicted octanol–water partition coefficient (Wildman–Crippen LogP) is 3.24. The van der Waals surface area contributed by atoms with E-state index in [1.807, 2.05) is 6.07 Å². The molecule has 2 fully saturated rings. The fraction of sp³-hybridized carbons (Fsp3) is 0.375. The first-order valence-corrected chi connectivity index (χ1v) is 10.6. The van der Waals surface area contributed by atoms with Gasteiger partial charge in [-0.15, -0.1) is 0 Å². The van der Waals surface area contributed by atoms with E-state index in [2.05, 4.69) is 5.32 Å². The van der Waals surface area contributed by atoms with Gasteiger partial charge in [0.1, 0.15) is 5.82 Å². The second kappa shape index (κ2) is 9.29. The predicted molar refractivity (Wildman–Crippen MR) is 111 cm³/mol. The van der Waals surface area contributed by atoms with E-state index in [-0.39, 0.29) is 23.8 Å². The minimum absolute atomic E-state index is 0.165. The van der Waals surface area contributed by atoms with Gasteiger partial charge in [0.05, 0.1) is 5.92 Å². The number of halogens is 1. The van der Waals surface area contributed by atoms with Gasteiger partial charge in [-0.2, -0.15) is 0 Å². The molecule has 1 aliphatic carbocycles. The van der Waals surface area contributed by atoms with Crippen molar-refractivity contribution in [2.45, 2.75) is 37.8 Å². The van der Waals surface area contributed by atoms with E-state index in [1.165, 1.54) is 24.3 Å². The van der Waals surface area contributed by atoms with Crippen LogP contribution in [-0.2, 0) is 14.3 Å². The summed E-state index contributed by atoms with van der Waals surface area (Å²) in [5.74, 6) is -1.67. The van der Waals surface area contributed by atoms with Gasteiger partial charge in [0.25, 0.3) is 11.8 Å². The van der Waals surface area contributed by atoms with Gasteiger partial charge in [0.15, 0.2) is 0 Å². The Labute approximate surface area is 180 Å². The molecule has 2 amide bonds. The highest BCUT2D eigenvalue weighted by atomic mass is 19.1. The largest absolute Gasteiger partial charge is 0.447 e. The Bertz CT molecular complexity index is 936. The fourth-order valence-electron chi connectivity index (χ4n) is 3.71. The van der Waals surface area contributed by atoms with Crippen LogP contribution in [0.2, 0.25) is 0 Å². The Kier molecular flexibility index (Phi) is 6.30. The second-order valence-corrected chi connectivity index (χ2v) is 8.08. The van der Waals surface area contributed by atoms with E-state index >= 15 is 0 Å². The summed E-state index contributed by atoms with van der Waals surface area (Å²) < 4.78 is 18.7. The molecule has 2 aromatic carbocycles. The number of likely N-dealkylation sites (tertiary alicyclic amines) is 1. The lowest BCUT2D eigenvalue weighted by molar-refractivity contribution is -0.161. The quantitative estimate of drug-likeness (QED) is 0.723. The van der Waals surface area contributed by atoms with Crippen LogP contribution in [0.15, 0.2) is 54.6 Å². The molecule has 4 rings (SSSR count). The molecule has 7 heteroatoms. The van der Waals surface area contributed by atoms with Crippen LogP contribution in [0.5, 0.6) is 0 Å². The van der Waals surface area contributed by atoms with Crippen molar-refractivity contribution in [2.24, 2.45) is 5.92 Å². The molecular formula is C24H25FN2O4. The molecular weight excluding hydrogens is 399 g/mol. The van der Waals surface area contributed by atoms with Gasteiger partial charge in [-0.3, -0.25) is 14.4 Å². The van der Waals surface area contributed by atoms with Gasteiger partial charge in [0.2, 0.25) is 6.10 Å². The average Bonchev–Trinajstić information content (AvgIpc) is 3.62. The summed E-state index contributed by atoms with van der Waals surface area (Å²) in [7, 11) is 0. The number of hydrogen-bond donors (Lipinski definition) is 1. The van der Waals surface area contributed by atoms with Gasteiger partial charge in [-0.05, 0) is 49.9 Å². The third-order valence-electron chi connectivity index (χ3n) is 5.70. The summed E-state index contributed by atoms with van der Waals surface area (Å²) in [6.45, 7) is 0.806. The number of nitrogens with one attached hydrogen (secondary N) is 1. The smallest absolute Gasteiger partial charge is 0.310 e. The number of carbonyl (C=O) groups excluding carboxylic acids is 3. The van der Waals surface area contributed by atoms with Crippen LogP contribution in [0, 0.1) is 11.7 Å². The van der Waals surface area contributed by atoms with Crippen molar-refractivity contribution in [3.8, 4) is 0 Å². The molecule has 0 radical (unpaired) electrons. The number of ether oxygens (including phenoxy) is 1. The highest BCUT2D eigenvalue weighted by Gasteiger charge is 2.34. The lowest BCUT2D eigenvalue weighted by Gasteiger charge is -2.31. The van der Waals surface area contributed by atoms with Gasteiger partial charge >= 0.3 is 5.97 Å². The molecule has 1 aliphatic heterocycles. The first-order valence-electron chi connectivity index (χ1n) is 10.6. The first-order chi connectivity index (χ1) is 15.0. The zero-order chi connectivity index (χ0) is 21.8. The Morgan fingerprint density at radius 3 is 2.19 bits per heavy atom. The van der Waals surface area contributed by atoms with Crippen molar-refractivity contribution in [2.75, 3.05) is 13.1 Å². The number of rotatable bonds is 6. The van der Waals surface area contributed by atoms with Gasteiger partial charge in [-0.1, -0.05) is 30.3 Å². The number of carbonyl (C=O) groups is 3. The lowest BCUT2D eigenvalue weighted by atomic mass is 9.96. The summed E-state index contributed by atoms with van der Waals surface area (Å²) in [6, 6.07) is 14.6. The number of hydrogen-bond acceptors (Lipinski definition) is 4. The van der Waals surface area contributed by atoms with E-state index in [0.29, 0.717) is 37.1 Å². The van der Waals surface area contributed by atoms with Crippen LogP contribution >= 0.6 is 0 Å². The normalized spacial score (nSPS) is 17.6. The molecule has 1 atom stereocenters. The highest BCUT2D eigenvalue weighted by molar-refractivity contribution is 5.94. The SMILES string of the molecule is O=C(O[C@H](C(=O)NC1CC1)c1ccccc1)C1CCN(C(=O)c2ccc(F)cc2)CC1. The van der Waals surface area contributed by atoms with Crippen LogP contribution in [0.3, 0.4) is 0 Å². The molecule has 31 heavy (non-hydrogen) atoms. The van der Waals surface area contributed by atoms with Crippen molar-refractivity contribution in [1.82, 2.24) is 10.2 Å². The van der Waals surface area contributed by atoms with Gasteiger partial charge < -0.3 is 15.0 Å². The lowest BCUT2D eigenvalue weighted by Crippen LogP contribution is -2.41. The van der Waals surface area contributed by atoms with E-state index in [0.717, 1.165) is 12.8 Å². The molecule has 1 heterocycles. The molecule has 1 saturated heterocycles. The summed E-state index contributed by atoms with van der Waals surface area (Å²) >= 11 is 0. The Morgan fingerprint density at radius 1 is 0.935 bits per heavy atom. The topological polar surface area (TPSA) is 75.7 Å². The first kappa shape index (κ1) is 21.0. The van der Waals surface area contributed by atoms with E-state index in [1.54, 1.807) is 29.2 Å². The Morgan fingerprint density at radius 2 is 1.58 bits per heavy atom. The van der Waals surface area contributed by atoms with Gasteiger partial charge in [-0.25, -0.2) is 4.39 Å². The van der Waals surface area contributed by atoms with Crippen LogP contribution in [0.4, 0.5) is 4.39 Å². The maximum atomic E-state index is 13.1. The molecule has 0 bridgehead atoms. The van der Waals surface area contributed by atoms with E-state index < -0.39 is 17.9 Å². The zero-order valence-corrected chi connectivity index (χ0v) is 17.1. The summed E-state index contributed by atoms with van der Waals surface area (Å²) in [6.07, 6.45) is 1.83. The fourth-order valence-corrected chi connectivity index (χ4v) is 3.71. The summed E-state index contributed by atoms with van der Waals surface area (Å²) in [5, 5.41) is 2.91.